The largest absolute Gasteiger partial charge is 0.300 e. The summed E-state index contributed by atoms with van der Waals surface area (Å²) in [7, 11) is 0. The molecule has 14 heavy (non-hydrogen) atoms. The predicted octanol–water partition coefficient (Wildman–Crippen LogP) is 2.62. The zero-order chi connectivity index (χ0) is 10.1. The molecule has 0 radical (unpaired) electrons. The number of hydrogen-bond donors (Lipinski definition) is 0. The Bertz CT molecular complexity index is 361. The van der Waals surface area contributed by atoms with Crippen LogP contribution in [0, 0.1) is 0 Å². The number of carbonyl (C=O) groups is 1. The van der Waals surface area contributed by atoms with Crippen LogP contribution in [-0.4, -0.2) is 15.8 Å². The molecular formula is C9H8Cl2N2O. The predicted molar refractivity (Wildman–Crippen MR) is 53.7 cm³/mol. The molecule has 0 aliphatic heterocycles. The Labute approximate surface area is 91.5 Å². The quantitative estimate of drug-likeness (QED) is 0.697. The number of Topliss-reactive ketones (excluding diaryl/α,β-unsaturated/α-hetero) is 1. The van der Waals surface area contributed by atoms with E-state index in [4.69, 9.17) is 23.2 Å². The second-order valence-electron chi connectivity index (χ2n) is 3.35. The Balaban J connectivity index is 2.27. The van der Waals surface area contributed by atoms with Gasteiger partial charge in [0.1, 0.15) is 21.9 Å². The highest BCUT2D eigenvalue weighted by atomic mass is 35.5. The first kappa shape index (κ1) is 9.87. The van der Waals surface area contributed by atoms with E-state index in [0.29, 0.717) is 29.0 Å². The molecule has 1 aromatic rings. The summed E-state index contributed by atoms with van der Waals surface area (Å²) in [5, 5.41) is 0.665. The number of nitrogens with zero attached hydrogens (tertiary/aromatic N) is 2. The van der Waals surface area contributed by atoms with Gasteiger partial charge in [0.25, 0.3) is 0 Å². The molecule has 0 aromatic carbocycles. The lowest BCUT2D eigenvalue weighted by Gasteiger charge is -2.06. The van der Waals surface area contributed by atoms with Crippen molar-refractivity contribution in [3.8, 4) is 0 Å². The van der Waals surface area contributed by atoms with Gasteiger partial charge >= 0.3 is 0 Å². The fraction of sp³-hybridized carbons (Fsp3) is 0.444. The van der Waals surface area contributed by atoms with Gasteiger partial charge in [-0.25, -0.2) is 9.97 Å². The summed E-state index contributed by atoms with van der Waals surface area (Å²) < 4.78 is 0. The normalized spacial score (nSPS) is 21.6. The van der Waals surface area contributed by atoms with Crippen molar-refractivity contribution in [2.45, 2.75) is 25.2 Å². The number of aromatic nitrogens is 2. The summed E-state index contributed by atoms with van der Waals surface area (Å²) in [5.74, 6) is 0.946. The lowest BCUT2D eigenvalue weighted by atomic mass is 10.1. The smallest absolute Gasteiger partial charge is 0.135 e. The van der Waals surface area contributed by atoms with Crippen LogP contribution in [0.15, 0.2) is 6.07 Å². The van der Waals surface area contributed by atoms with E-state index in [1.165, 1.54) is 6.07 Å². The van der Waals surface area contributed by atoms with Gasteiger partial charge < -0.3 is 0 Å². The monoisotopic (exact) mass is 230 g/mol. The summed E-state index contributed by atoms with van der Waals surface area (Å²) in [6.07, 6.45) is 1.92. The van der Waals surface area contributed by atoms with Crippen LogP contribution >= 0.6 is 23.2 Å². The van der Waals surface area contributed by atoms with Gasteiger partial charge in [-0.05, 0) is 6.42 Å². The van der Waals surface area contributed by atoms with Crippen LogP contribution in [0.25, 0.3) is 0 Å². The van der Waals surface area contributed by atoms with Crippen molar-refractivity contribution >= 4 is 29.0 Å². The highest BCUT2D eigenvalue weighted by molar-refractivity contribution is 6.33. The molecule has 0 saturated heterocycles. The Kier molecular flexibility index (Phi) is 2.70. The second kappa shape index (κ2) is 3.83. The van der Waals surface area contributed by atoms with Gasteiger partial charge in [0.05, 0.1) is 0 Å². The molecule has 0 bridgehead atoms. The third kappa shape index (κ3) is 2.04. The third-order valence-corrected chi connectivity index (χ3v) is 2.68. The van der Waals surface area contributed by atoms with Crippen molar-refractivity contribution in [3.05, 3.63) is 22.2 Å². The number of hydrogen-bond acceptors (Lipinski definition) is 3. The highest BCUT2D eigenvalue weighted by Gasteiger charge is 2.26. The van der Waals surface area contributed by atoms with Crippen LogP contribution in [0.3, 0.4) is 0 Å². The summed E-state index contributed by atoms with van der Waals surface area (Å²) in [6, 6.07) is 1.49. The van der Waals surface area contributed by atoms with Gasteiger partial charge in [-0.1, -0.05) is 23.2 Å². The van der Waals surface area contributed by atoms with Crippen LogP contribution in [0.4, 0.5) is 0 Å². The van der Waals surface area contributed by atoms with E-state index in [0.717, 1.165) is 6.42 Å². The first-order valence-corrected chi connectivity index (χ1v) is 5.12. The summed E-state index contributed by atoms with van der Waals surface area (Å²) in [5.41, 5.74) is 0. The van der Waals surface area contributed by atoms with Crippen molar-refractivity contribution < 1.29 is 4.79 Å². The standard InChI is InChI=1S/C9H8Cl2N2O/c10-7-4-8(11)13-9(12-7)5-1-2-6(14)3-5/h4-5H,1-3H2/t5-/m0/s1. The van der Waals surface area contributed by atoms with Crippen molar-refractivity contribution in [2.75, 3.05) is 0 Å². The highest BCUT2D eigenvalue weighted by Crippen LogP contribution is 2.30. The van der Waals surface area contributed by atoms with E-state index in [-0.39, 0.29) is 11.7 Å². The van der Waals surface area contributed by atoms with Gasteiger partial charge in [0, 0.05) is 24.8 Å². The maximum atomic E-state index is 11.1. The third-order valence-electron chi connectivity index (χ3n) is 2.29. The maximum absolute atomic E-state index is 11.1. The number of halogens is 2. The Morgan fingerprint density at radius 2 is 1.93 bits per heavy atom. The van der Waals surface area contributed by atoms with E-state index in [9.17, 15) is 4.79 Å². The molecule has 1 heterocycles. The van der Waals surface area contributed by atoms with Gasteiger partial charge in [-0.2, -0.15) is 0 Å². The molecule has 5 heteroatoms. The van der Waals surface area contributed by atoms with Gasteiger partial charge in [0.2, 0.25) is 0 Å². The molecule has 0 amide bonds. The van der Waals surface area contributed by atoms with Crippen molar-refractivity contribution in [1.82, 2.24) is 9.97 Å². The van der Waals surface area contributed by atoms with E-state index < -0.39 is 0 Å². The number of rotatable bonds is 1. The molecule has 0 spiro atoms. The minimum Gasteiger partial charge on any atom is -0.300 e. The summed E-state index contributed by atoms with van der Waals surface area (Å²) in [6.45, 7) is 0. The minimum atomic E-state index is 0.0960. The Morgan fingerprint density at radius 1 is 1.29 bits per heavy atom. The molecule has 1 atom stereocenters. The maximum Gasteiger partial charge on any atom is 0.135 e. The van der Waals surface area contributed by atoms with Crippen LogP contribution in [0.1, 0.15) is 31.0 Å². The molecule has 0 unspecified atom stereocenters. The van der Waals surface area contributed by atoms with Gasteiger partial charge in [-0.15, -0.1) is 0 Å². The molecule has 1 saturated carbocycles. The Morgan fingerprint density at radius 3 is 2.43 bits per heavy atom. The first-order valence-electron chi connectivity index (χ1n) is 4.37. The second-order valence-corrected chi connectivity index (χ2v) is 4.12. The number of carbonyl (C=O) groups excluding carboxylic acids is 1. The van der Waals surface area contributed by atoms with E-state index in [2.05, 4.69) is 9.97 Å². The zero-order valence-electron chi connectivity index (χ0n) is 7.33. The van der Waals surface area contributed by atoms with E-state index in [1.54, 1.807) is 0 Å². The van der Waals surface area contributed by atoms with E-state index in [1.807, 2.05) is 0 Å². The fourth-order valence-electron chi connectivity index (χ4n) is 1.62. The minimum absolute atomic E-state index is 0.0960. The average molecular weight is 231 g/mol. The molecule has 1 fully saturated rings. The van der Waals surface area contributed by atoms with Crippen molar-refractivity contribution in [2.24, 2.45) is 0 Å². The molecule has 0 N–H and O–H groups in total. The lowest BCUT2D eigenvalue weighted by Crippen LogP contribution is -2.01. The molecule has 1 aromatic heterocycles. The van der Waals surface area contributed by atoms with Crippen LogP contribution in [0.5, 0.6) is 0 Å². The van der Waals surface area contributed by atoms with Crippen molar-refractivity contribution in [1.29, 1.82) is 0 Å². The molecule has 1 aliphatic rings. The fourth-order valence-corrected chi connectivity index (χ4v) is 2.06. The molecule has 3 nitrogen and oxygen atoms in total. The molecule has 74 valence electrons. The van der Waals surface area contributed by atoms with Crippen LogP contribution < -0.4 is 0 Å². The van der Waals surface area contributed by atoms with Crippen LogP contribution in [0.2, 0.25) is 10.3 Å². The SMILES string of the molecule is O=C1CC[C@H](c2nc(Cl)cc(Cl)n2)C1. The molecule has 1 aliphatic carbocycles. The summed E-state index contributed by atoms with van der Waals surface area (Å²) in [4.78, 5) is 19.2. The average Bonchev–Trinajstić information content (AvgIpc) is 2.50. The van der Waals surface area contributed by atoms with Crippen LogP contribution in [-0.2, 0) is 4.79 Å². The lowest BCUT2D eigenvalue weighted by molar-refractivity contribution is -0.117. The Hall–Kier alpha value is -0.670. The topological polar surface area (TPSA) is 42.9 Å². The molecule has 2 rings (SSSR count). The molecular weight excluding hydrogens is 223 g/mol. The zero-order valence-corrected chi connectivity index (χ0v) is 8.85. The van der Waals surface area contributed by atoms with E-state index >= 15 is 0 Å². The van der Waals surface area contributed by atoms with Gasteiger partial charge in [0.15, 0.2) is 0 Å². The summed E-state index contributed by atoms with van der Waals surface area (Å²) >= 11 is 11.5. The van der Waals surface area contributed by atoms with Crippen molar-refractivity contribution in [3.63, 3.8) is 0 Å². The first-order chi connectivity index (χ1) is 6.65. The van der Waals surface area contributed by atoms with Gasteiger partial charge in [-0.3, -0.25) is 4.79 Å². The number of ketones is 1.